The number of alkyl halides is 2. The van der Waals surface area contributed by atoms with Gasteiger partial charge in [0.25, 0.3) is 0 Å². The molecule has 0 aromatic heterocycles. The van der Waals surface area contributed by atoms with E-state index in [1.54, 1.807) is 11.1 Å². The quantitative estimate of drug-likeness (QED) is 0.338. The molecule has 0 amide bonds. The smallest absolute Gasteiger partial charge is 0.0672 e. The molecule has 1 aromatic rings. The Hall–Kier alpha value is 0.680. The molecule has 0 saturated heterocycles. The summed E-state index contributed by atoms with van der Waals surface area (Å²) in [7, 11) is 0. The van der Waals surface area contributed by atoms with Crippen molar-refractivity contribution in [1.82, 2.24) is 0 Å². The van der Waals surface area contributed by atoms with E-state index < -0.39 is 0 Å². The van der Waals surface area contributed by atoms with Gasteiger partial charge in [0.2, 0.25) is 0 Å². The molecule has 2 atom stereocenters. The second kappa shape index (κ2) is 4.34. The van der Waals surface area contributed by atoms with Gasteiger partial charge in [-0.3, -0.25) is 0 Å². The lowest BCUT2D eigenvalue weighted by atomic mass is 9.69. The number of hydrogen-bond donors (Lipinski definition) is 0. The van der Waals surface area contributed by atoms with Crippen LogP contribution in [-0.4, -0.2) is 1.43 Å². The topological polar surface area (TPSA) is 0 Å². The Morgan fingerprint density at radius 2 is 1.94 bits per heavy atom. The van der Waals surface area contributed by atoms with Gasteiger partial charge < -0.3 is 0 Å². The van der Waals surface area contributed by atoms with Crippen molar-refractivity contribution in [3.63, 3.8) is 0 Å². The zero-order chi connectivity index (χ0) is 13.1. The van der Waals surface area contributed by atoms with Crippen molar-refractivity contribution in [1.29, 1.82) is 0 Å². The number of aryl methyl sites for hydroxylation is 1. The maximum Gasteiger partial charge on any atom is 0.0738 e. The maximum atomic E-state index is 2.68. The SMILES string of the molecule is Cc1ccc2c(c1)C(C)(C)C1CC(I)(I)CCC21. The van der Waals surface area contributed by atoms with Crippen LogP contribution >= 0.6 is 45.2 Å². The molecule has 3 rings (SSSR count). The summed E-state index contributed by atoms with van der Waals surface area (Å²) in [6.07, 6.45) is 4.09. The van der Waals surface area contributed by atoms with Crippen molar-refractivity contribution in [2.24, 2.45) is 5.92 Å². The summed E-state index contributed by atoms with van der Waals surface area (Å²) < 4.78 is 0.477. The third kappa shape index (κ3) is 2.05. The zero-order valence-corrected chi connectivity index (χ0v) is 15.6. The highest BCUT2D eigenvalue weighted by Gasteiger charge is 2.51. The molecule has 1 saturated carbocycles. The molecule has 2 unspecified atom stereocenters. The van der Waals surface area contributed by atoms with Crippen LogP contribution in [0.15, 0.2) is 18.2 Å². The molecule has 18 heavy (non-hydrogen) atoms. The minimum Gasteiger partial charge on any atom is -0.0672 e. The molecule has 0 radical (unpaired) electrons. The normalized spacial score (nSPS) is 31.8. The summed E-state index contributed by atoms with van der Waals surface area (Å²) in [5, 5.41) is 0. The standard InChI is InChI=1S/C16H20I2/c1-10-4-5-11-12-6-7-16(17,18)9-14(12)15(2,3)13(11)8-10/h4-5,8,12,14H,6-7,9H2,1-3H3. The first-order chi connectivity index (χ1) is 8.31. The zero-order valence-electron chi connectivity index (χ0n) is 11.3. The first-order valence-corrected chi connectivity index (χ1v) is 8.96. The lowest BCUT2D eigenvalue weighted by Gasteiger charge is -2.41. The Bertz CT molecular complexity index is 488. The Morgan fingerprint density at radius 3 is 2.67 bits per heavy atom. The van der Waals surface area contributed by atoms with Crippen LogP contribution in [0.5, 0.6) is 0 Å². The molecule has 2 heteroatoms. The molecule has 1 aromatic carbocycles. The van der Waals surface area contributed by atoms with Crippen molar-refractivity contribution >= 4 is 45.2 Å². The van der Waals surface area contributed by atoms with E-state index in [0.717, 1.165) is 11.8 Å². The Morgan fingerprint density at radius 1 is 1.22 bits per heavy atom. The average Bonchev–Trinajstić information content (AvgIpc) is 2.47. The van der Waals surface area contributed by atoms with E-state index in [0.29, 0.717) is 6.84 Å². The predicted octanol–water partition coefficient (Wildman–Crippen LogP) is 5.74. The largest absolute Gasteiger partial charge is 0.0738 e. The fraction of sp³-hybridized carbons (Fsp3) is 0.625. The molecule has 0 heterocycles. The third-order valence-corrected chi connectivity index (χ3v) is 7.01. The molecular weight excluding hydrogens is 446 g/mol. The Kier molecular flexibility index (Phi) is 3.29. The van der Waals surface area contributed by atoms with Crippen LogP contribution in [0, 0.1) is 12.8 Å². The molecule has 2 aliphatic rings. The van der Waals surface area contributed by atoms with Gasteiger partial charge in [0.15, 0.2) is 0 Å². The highest BCUT2D eigenvalue weighted by Crippen LogP contribution is 2.61. The van der Waals surface area contributed by atoms with Crippen LogP contribution < -0.4 is 0 Å². The lowest BCUT2D eigenvalue weighted by Crippen LogP contribution is -2.35. The molecule has 0 bridgehead atoms. The van der Waals surface area contributed by atoms with E-state index in [4.69, 9.17) is 0 Å². The number of halogens is 2. The summed E-state index contributed by atoms with van der Waals surface area (Å²) >= 11 is 5.35. The summed E-state index contributed by atoms with van der Waals surface area (Å²) in [6.45, 7) is 7.15. The molecular formula is C16H20I2. The van der Waals surface area contributed by atoms with Gasteiger partial charge in [-0.1, -0.05) is 82.8 Å². The number of fused-ring (bicyclic) bond motifs is 3. The lowest BCUT2D eigenvalue weighted by molar-refractivity contribution is 0.237. The summed E-state index contributed by atoms with van der Waals surface area (Å²) in [4.78, 5) is 0. The van der Waals surface area contributed by atoms with Gasteiger partial charge in [-0.2, -0.15) is 0 Å². The van der Waals surface area contributed by atoms with Gasteiger partial charge >= 0.3 is 0 Å². The van der Waals surface area contributed by atoms with Gasteiger partial charge in [0.05, 0.1) is 1.43 Å². The second-order valence-electron chi connectivity index (χ2n) is 6.62. The molecule has 2 aliphatic carbocycles. The van der Waals surface area contributed by atoms with Gasteiger partial charge in [0.1, 0.15) is 0 Å². The van der Waals surface area contributed by atoms with E-state index in [1.807, 2.05) is 0 Å². The minimum absolute atomic E-state index is 0.355. The second-order valence-corrected chi connectivity index (χ2v) is 12.8. The molecule has 0 spiro atoms. The van der Waals surface area contributed by atoms with Crippen molar-refractivity contribution in [3.8, 4) is 0 Å². The highest BCUT2D eigenvalue weighted by atomic mass is 127. The predicted molar refractivity (Wildman–Crippen MR) is 95.1 cm³/mol. The molecule has 0 nitrogen and oxygen atoms in total. The van der Waals surface area contributed by atoms with Crippen molar-refractivity contribution < 1.29 is 0 Å². The maximum absolute atomic E-state index is 2.68. The molecule has 98 valence electrons. The van der Waals surface area contributed by atoms with Crippen LogP contribution in [0.4, 0.5) is 0 Å². The van der Waals surface area contributed by atoms with Crippen molar-refractivity contribution in [2.45, 2.75) is 52.8 Å². The average molecular weight is 466 g/mol. The Balaban J connectivity index is 2.09. The van der Waals surface area contributed by atoms with Crippen LogP contribution in [0.3, 0.4) is 0 Å². The summed E-state index contributed by atoms with van der Waals surface area (Å²) in [5.74, 6) is 1.64. The fourth-order valence-electron chi connectivity index (χ4n) is 4.02. The number of rotatable bonds is 0. The molecule has 0 aliphatic heterocycles. The fourth-order valence-corrected chi connectivity index (χ4v) is 5.59. The van der Waals surface area contributed by atoms with Crippen LogP contribution in [-0.2, 0) is 5.41 Å². The van der Waals surface area contributed by atoms with Gasteiger partial charge in [-0.15, -0.1) is 0 Å². The van der Waals surface area contributed by atoms with Gasteiger partial charge in [-0.25, -0.2) is 0 Å². The molecule has 1 fully saturated rings. The van der Waals surface area contributed by atoms with E-state index in [9.17, 15) is 0 Å². The Labute approximate surface area is 138 Å². The molecule has 0 N–H and O–H groups in total. The van der Waals surface area contributed by atoms with Crippen molar-refractivity contribution in [3.05, 3.63) is 34.9 Å². The van der Waals surface area contributed by atoms with Crippen molar-refractivity contribution in [2.75, 3.05) is 0 Å². The van der Waals surface area contributed by atoms with E-state index >= 15 is 0 Å². The van der Waals surface area contributed by atoms with Gasteiger partial charge in [-0.05, 0) is 54.6 Å². The highest BCUT2D eigenvalue weighted by molar-refractivity contribution is 14.2. The van der Waals surface area contributed by atoms with E-state index in [-0.39, 0.29) is 0 Å². The van der Waals surface area contributed by atoms with Crippen LogP contribution in [0.2, 0.25) is 0 Å². The van der Waals surface area contributed by atoms with Crippen LogP contribution in [0.1, 0.15) is 55.7 Å². The first-order valence-electron chi connectivity index (χ1n) is 6.80. The van der Waals surface area contributed by atoms with Crippen LogP contribution in [0.25, 0.3) is 0 Å². The minimum atomic E-state index is 0.355. The van der Waals surface area contributed by atoms with E-state index in [2.05, 4.69) is 84.2 Å². The number of hydrogen-bond acceptors (Lipinski definition) is 0. The first kappa shape index (κ1) is 13.7. The van der Waals surface area contributed by atoms with E-state index in [1.165, 1.54) is 24.8 Å². The summed E-state index contributed by atoms with van der Waals surface area (Å²) in [5.41, 5.74) is 5.05. The third-order valence-electron chi connectivity index (χ3n) is 5.05. The summed E-state index contributed by atoms with van der Waals surface area (Å²) in [6, 6.07) is 7.15. The monoisotopic (exact) mass is 466 g/mol. The number of benzene rings is 1. The van der Waals surface area contributed by atoms with Gasteiger partial charge in [0, 0.05) is 0 Å².